The molecule has 2 nitrogen and oxygen atoms in total. The van der Waals surface area contributed by atoms with Crippen LogP contribution in [0.3, 0.4) is 0 Å². The van der Waals surface area contributed by atoms with Crippen LogP contribution in [0.2, 0.25) is 0 Å². The molecule has 2 aromatic rings. The maximum atomic E-state index is 5.93. The summed E-state index contributed by atoms with van der Waals surface area (Å²) >= 11 is 5.26. The molecule has 0 saturated heterocycles. The molecule has 0 unspecified atom stereocenters. The number of rotatable bonds is 4. The zero-order valence-corrected chi connectivity index (χ0v) is 12.1. The number of nitrogens with two attached hydrogens (primary N) is 1. The Morgan fingerprint density at radius 3 is 2.59 bits per heavy atom. The molecule has 17 heavy (non-hydrogen) atoms. The monoisotopic (exact) mass is 310 g/mol. The molecule has 0 saturated carbocycles. The van der Waals surface area contributed by atoms with E-state index in [-0.39, 0.29) is 0 Å². The first-order valence-corrected chi connectivity index (χ1v) is 7.02. The van der Waals surface area contributed by atoms with Gasteiger partial charge in [0.2, 0.25) is 0 Å². The molecule has 0 aliphatic rings. The predicted octanol–water partition coefficient (Wildman–Crippen LogP) is 3.72. The first-order valence-electron chi connectivity index (χ1n) is 5.41. The molecule has 0 atom stereocenters. The third kappa shape index (κ3) is 3.56. The molecule has 0 aliphatic heterocycles. The lowest BCUT2D eigenvalue weighted by atomic mass is 10.2. The average molecular weight is 311 g/mol. The summed E-state index contributed by atoms with van der Waals surface area (Å²) in [5, 5.41) is 0. The summed E-state index contributed by atoms with van der Waals surface area (Å²) in [6.45, 7) is 1.83. The lowest BCUT2D eigenvalue weighted by Crippen LogP contribution is -2.17. The third-order valence-electron chi connectivity index (χ3n) is 2.55. The minimum atomic E-state index is 0.867. The molecule has 2 rings (SSSR count). The Morgan fingerprint density at radius 2 is 1.94 bits per heavy atom. The Bertz CT molecular complexity index is 496. The van der Waals surface area contributed by atoms with Crippen LogP contribution in [0.1, 0.15) is 10.4 Å². The van der Waals surface area contributed by atoms with Crippen LogP contribution in [0, 0.1) is 0 Å². The smallest absolute Gasteiger partial charge is 0.0701 e. The minimum absolute atomic E-state index is 0.867. The number of nitrogen functional groups attached to an aromatic ring is 1. The summed E-state index contributed by atoms with van der Waals surface area (Å²) in [6, 6.07) is 12.3. The number of anilines is 1. The second kappa shape index (κ2) is 5.67. The van der Waals surface area contributed by atoms with E-state index in [9.17, 15) is 0 Å². The Kier molecular flexibility index (Phi) is 4.20. The molecule has 2 N–H and O–H groups in total. The number of hydrogen-bond acceptors (Lipinski definition) is 3. The number of benzene rings is 1. The van der Waals surface area contributed by atoms with Crippen LogP contribution in [-0.2, 0) is 13.1 Å². The summed E-state index contributed by atoms with van der Waals surface area (Å²) in [5.41, 5.74) is 7.99. The number of hydrogen-bond donors (Lipinski definition) is 1. The SMILES string of the molecule is CN(Cc1ccc(Br)s1)Cc1ccccc1N. The average Bonchev–Trinajstić information content (AvgIpc) is 2.67. The maximum absolute atomic E-state index is 5.93. The largest absolute Gasteiger partial charge is 0.398 e. The highest BCUT2D eigenvalue weighted by Crippen LogP contribution is 2.23. The molecule has 0 spiro atoms. The van der Waals surface area contributed by atoms with Gasteiger partial charge in [0.15, 0.2) is 0 Å². The van der Waals surface area contributed by atoms with Gasteiger partial charge in [-0.2, -0.15) is 0 Å². The quantitative estimate of drug-likeness (QED) is 0.872. The predicted molar refractivity (Wildman–Crippen MR) is 78.0 cm³/mol. The lowest BCUT2D eigenvalue weighted by Gasteiger charge is -2.16. The molecule has 0 bridgehead atoms. The Balaban J connectivity index is 1.98. The van der Waals surface area contributed by atoms with Gasteiger partial charge in [0.25, 0.3) is 0 Å². The second-order valence-corrected chi connectivity index (χ2v) is 6.62. The van der Waals surface area contributed by atoms with Crippen molar-refractivity contribution in [3.05, 3.63) is 50.6 Å². The van der Waals surface area contributed by atoms with Gasteiger partial charge in [-0.05, 0) is 46.7 Å². The zero-order valence-electron chi connectivity index (χ0n) is 9.69. The van der Waals surface area contributed by atoms with Crippen LogP contribution in [0.25, 0.3) is 0 Å². The van der Waals surface area contributed by atoms with E-state index in [0.29, 0.717) is 0 Å². The topological polar surface area (TPSA) is 29.3 Å². The van der Waals surface area contributed by atoms with E-state index in [1.807, 2.05) is 18.2 Å². The van der Waals surface area contributed by atoms with E-state index in [4.69, 9.17) is 5.73 Å². The van der Waals surface area contributed by atoms with Crippen molar-refractivity contribution in [3.8, 4) is 0 Å². The highest BCUT2D eigenvalue weighted by atomic mass is 79.9. The van der Waals surface area contributed by atoms with Crippen molar-refractivity contribution in [1.29, 1.82) is 0 Å². The fourth-order valence-electron chi connectivity index (χ4n) is 1.73. The molecule has 1 aromatic heterocycles. The molecule has 0 fully saturated rings. The molecule has 90 valence electrons. The van der Waals surface area contributed by atoms with Crippen molar-refractivity contribution in [1.82, 2.24) is 4.90 Å². The molecule has 0 amide bonds. The first-order chi connectivity index (χ1) is 8.15. The normalized spacial score (nSPS) is 11.0. The summed E-state index contributed by atoms with van der Waals surface area (Å²) in [7, 11) is 2.11. The lowest BCUT2D eigenvalue weighted by molar-refractivity contribution is 0.322. The molecular weight excluding hydrogens is 296 g/mol. The van der Waals surface area contributed by atoms with E-state index in [1.54, 1.807) is 11.3 Å². The minimum Gasteiger partial charge on any atom is -0.398 e. The van der Waals surface area contributed by atoms with Gasteiger partial charge in [-0.25, -0.2) is 0 Å². The van der Waals surface area contributed by atoms with Gasteiger partial charge in [0.1, 0.15) is 0 Å². The van der Waals surface area contributed by atoms with Crippen LogP contribution in [0.4, 0.5) is 5.69 Å². The molecular formula is C13H15BrN2S. The number of para-hydroxylation sites is 1. The van der Waals surface area contributed by atoms with E-state index in [2.05, 4.69) is 46.1 Å². The Morgan fingerprint density at radius 1 is 1.18 bits per heavy atom. The number of halogens is 1. The molecule has 1 heterocycles. The van der Waals surface area contributed by atoms with E-state index in [1.165, 1.54) is 14.2 Å². The van der Waals surface area contributed by atoms with Crippen LogP contribution < -0.4 is 5.73 Å². The first kappa shape index (κ1) is 12.6. The van der Waals surface area contributed by atoms with Gasteiger partial charge in [0.05, 0.1) is 3.79 Å². The van der Waals surface area contributed by atoms with Crippen LogP contribution in [0.5, 0.6) is 0 Å². The highest BCUT2D eigenvalue weighted by Gasteiger charge is 2.05. The fraction of sp³-hybridized carbons (Fsp3) is 0.231. The summed E-state index contributed by atoms with van der Waals surface area (Å²) in [6.07, 6.45) is 0. The van der Waals surface area contributed by atoms with Crippen molar-refractivity contribution < 1.29 is 0 Å². The fourth-order valence-corrected chi connectivity index (χ4v) is 3.29. The van der Waals surface area contributed by atoms with Crippen molar-refractivity contribution in [2.45, 2.75) is 13.1 Å². The molecule has 4 heteroatoms. The molecule has 0 radical (unpaired) electrons. The van der Waals surface area contributed by atoms with Crippen LogP contribution >= 0.6 is 27.3 Å². The summed E-state index contributed by atoms with van der Waals surface area (Å²) in [4.78, 5) is 3.62. The summed E-state index contributed by atoms with van der Waals surface area (Å²) in [5.74, 6) is 0. The van der Waals surface area contributed by atoms with Crippen molar-refractivity contribution >= 4 is 33.0 Å². The van der Waals surface area contributed by atoms with Crippen molar-refractivity contribution in [2.24, 2.45) is 0 Å². The van der Waals surface area contributed by atoms with Crippen LogP contribution in [-0.4, -0.2) is 11.9 Å². The van der Waals surface area contributed by atoms with Gasteiger partial charge >= 0.3 is 0 Å². The standard InChI is InChI=1S/C13H15BrN2S/c1-16(9-11-6-7-13(14)17-11)8-10-4-2-3-5-12(10)15/h2-7H,8-9,15H2,1H3. The van der Waals surface area contributed by atoms with Gasteiger partial charge in [-0.1, -0.05) is 18.2 Å². The zero-order chi connectivity index (χ0) is 12.3. The van der Waals surface area contributed by atoms with E-state index >= 15 is 0 Å². The van der Waals surface area contributed by atoms with Gasteiger partial charge in [-0.15, -0.1) is 11.3 Å². The molecule has 1 aromatic carbocycles. The Labute approximate surface area is 114 Å². The summed E-state index contributed by atoms with van der Waals surface area (Å²) < 4.78 is 1.18. The van der Waals surface area contributed by atoms with E-state index in [0.717, 1.165) is 18.8 Å². The van der Waals surface area contributed by atoms with Gasteiger partial charge < -0.3 is 5.73 Å². The number of nitrogens with zero attached hydrogens (tertiary/aromatic N) is 1. The number of thiophene rings is 1. The van der Waals surface area contributed by atoms with Crippen LogP contribution in [0.15, 0.2) is 40.2 Å². The van der Waals surface area contributed by atoms with E-state index < -0.39 is 0 Å². The second-order valence-electron chi connectivity index (χ2n) is 4.08. The van der Waals surface area contributed by atoms with Crippen molar-refractivity contribution in [2.75, 3.05) is 12.8 Å². The highest BCUT2D eigenvalue weighted by molar-refractivity contribution is 9.11. The van der Waals surface area contributed by atoms with Gasteiger partial charge in [-0.3, -0.25) is 4.90 Å². The van der Waals surface area contributed by atoms with Gasteiger partial charge in [0, 0.05) is 23.7 Å². The third-order valence-corrected chi connectivity index (χ3v) is 4.16. The van der Waals surface area contributed by atoms with Crippen molar-refractivity contribution in [3.63, 3.8) is 0 Å². The molecule has 0 aliphatic carbocycles. The Hall–Kier alpha value is -0.840. The maximum Gasteiger partial charge on any atom is 0.0701 e.